The fourth-order valence-corrected chi connectivity index (χ4v) is 5.44. The molecule has 1 fully saturated rings. The van der Waals surface area contributed by atoms with Crippen LogP contribution in [-0.2, 0) is 16.3 Å². The van der Waals surface area contributed by atoms with Gasteiger partial charge in [0.2, 0.25) is 0 Å². The molecule has 1 N–H and O–H groups in total. The number of benzene rings is 1. The molecule has 0 saturated carbocycles. The first kappa shape index (κ1) is 24.1. The fourth-order valence-electron chi connectivity index (χ4n) is 3.21. The number of guanidine groups is 1. The van der Waals surface area contributed by atoms with Crippen molar-refractivity contribution in [2.75, 3.05) is 32.4 Å². The predicted octanol–water partition coefficient (Wildman–Crippen LogP) is 3.36. The van der Waals surface area contributed by atoms with E-state index in [0.717, 1.165) is 28.6 Å². The van der Waals surface area contributed by atoms with Crippen molar-refractivity contribution < 1.29 is 8.42 Å². The maximum atomic E-state index is 12.2. The summed E-state index contributed by atoms with van der Waals surface area (Å²) < 4.78 is 23.6. The molecule has 0 bridgehead atoms. The van der Waals surface area contributed by atoms with Gasteiger partial charge in [-0.15, -0.1) is 35.3 Å². The van der Waals surface area contributed by atoms with E-state index in [1.54, 1.807) is 32.2 Å². The van der Waals surface area contributed by atoms with E-state index in [2.05, 4.69) is 46.9 Å². The summed E-state index contributed by atoms with van der Waals surface area (Å²) in [5, 5.41) is 6.48. The topological polar surface area (TPSA) is 74.7 Å². The van der Waals surface area contributed by atoms with Gasteiger partial charge in [-0.2, -0.15) is 0 Å². The van der Waals surface area contributed by atoms with Crippen LogP contribution in [-0.4, -0.2) is 61.4 Å². The summed E-state index contributed by atoms with van der Waals surface area (Å²) in [7, 11) is -1.33. The maximum absolute atomic E-state index is 12.2. The summed E-state index contributed by atoms with van der Waals surface area (Å²) in [5.41, 5.74) is 3.43. The van der Waals surface area contributed by atoms with Crippen LogP contribution in [0.3, 0.4) is 0 Å². The molecule has 2 aromatic rings. The molecule has 0 amide bonds. The average Bonchev–Trinajstić information content (AvgIpc) is 3.11. The highest BCUT2D eigenvalue weighted by molar-refractivity contribution is 14.0. The number of aromatic nitrogens is 1. The molecular formula is C20H29IN4O2S2. The van der Waals surface area contributed by atoms with Crippen molar-refractivity contribution in [2.24, 2.45) is 4.99 Å². The highest BCUT2D eigenvalue weighted by atomic mass is 127. The smallest absolute Gasteiger partial charge is 0.193 e. The Morgan fingerprint density at radius 1 is 1.31 bits per heavy atom. The largest absolute Gasteiger partial charge is 0.356 e. The monoisotopic (exact) mass is 548 g/mol. The molecule has 0 aliphatic carbocycles. The van der Waals surface area contributed by atoms with E-state index in [1.165, 1.54) is 5.56 Å². The number of halogens is 1. The number of thiazole rings is 1. The number of hydrogen-bond donors (Lipinski definition) is 1. The number of hydrogen-bond acceptors (Lipinski definition) is 5. The van der Waals surface area contributed by atoms with Crippen molar-refractivity contribution in [3.05, 3.63) is 40.9 Å². The highest BCUT2D eigenvalue weighted by Gasteiger charge is 2.40. The molecule has 0 unspecified atom stereocenters. The standard InChI is InChI=1S/C20H28N4O2S2.HI/c1-15-5-7-16(8-6-15)18-23-17(13-27-18)9-10-22-19(21-4)24-11-12-28(25,26)20(2,3)14-24;/h5-8,13H,9-12,14H2,1-4H3,(H,21,22);1H. The predicted molar refractivity (Wildman–Crippen MR) is 132 cm³/mol. The summed E-state index contributed by atoms with van der Waals surface area (Å²) in [6.45, 7) is 7.26. The van der Waals surface area contributed by atoms with E-state index < -0.39 is 14.6 Å². The van der Waals surface area contributed by atoms with Gasteiger partial charge in [-0.3, -0.25) is 4.99 Å². The molecule has 1 aromatic heterocycles. The summed E-state index contributed by atoms with van der Waals surface area (Å²) >= 11 is 1.65. The second-order valence-corrected chi connectivity index (χ2v) is 11.3. The minimum Gasteiger partial charge on any atom is -0.356 e. The maximum Gasteiger partial charge on any atom is 0.193 e. The van der Waals surface area contributed by atoms with E-state index in [0.29, 0.717) is 19.6 Å². The Balaban J connectivity index is 0.00000300. The van der Waals surface area contributed by atoms with Gasteiger partial charge in [0.15, 0.2) is 15.8 Å². The Labute approximate surface area is 194 Å². The second kappa shape index (κ2) is 9.74. The normalized spacial score (nSPS) is 18.2. The van der Waals surface area contributed by atoms with Gasteiger partial charge in [0.05, 0.1) is 16.2 Å². The van der Waals surface area contributed by atoms with Crippen LogP contribution in [0.4, 0.5) is 0 Å². The van der Waals surface area contributed by atoms with Gasteiger partial charge in [-0.25, -0.2) is 13.4 Å². The molecule has 0 atom stereocenters. The van der Waals surface area contributed by atoms with Crippen LogP contribution in [0, 0.1) is 6.92 Å². The van der Waals surface area contributed by atoms with Crippen LogP contribution in [0.5, 0.6) is 0 Å². The van der Waals surface area contributed by atoms with Crippen LogP contribution in [0.25, 0.3) is 10.6 Å². The zero-order valence-electron chi connectivity index (χ0n) is 17.3. The fraction of sp³-hybridized carbons (Fsp3) is 0.500. The van der Waals surface area contributed by atoms with Crippen molar-refractivity contribution in [2.45, 2.75) is 31.9 Å². The average molecular weight is 549 g/mol. The van der Waals surface area contributed by atoms with Crippen LogP contribution in [0.1, 0.15) is 25.1 Å². The lowest BCUT2D eigenvalue weighted by molar-refractivity contribution is 0.353. The van der Waals surface area contributed by atoms with Gasteiger partial charge < -0.3 is 10.2 Å². The van der Waals surface area contributed by atoms with Crippen LogP contribution in [0.15, 0.2) is 34.6 Å². The van der Waals surface area contributed by atoms with Gasteiger partial charge >= 0.3 is 0 Å². The molecule has 1 saturated heterocycles. The quantitative estimate of drug-likeness (QED) is 0.361. The minimum atomic E-state index is -3.06. The first-order valence-electron chi connectivity index (χ1n) is 9.41. The number of aryl methyl sites for hydroxylation is 1. The third-order valence-corrected chi connectivity index (χ3v) is 8.54. The van der Waals surface area contributed by atoms with E-state index >= 15 is 0 Å². The van der Waals surface area contributed by atoms with Crippen LogP contribution in [0.2, 0.25) is 0 Å². The molecule has 6 nitrogen and oxygen atoms in total. The number of aliphatic imine (C=N–C) groups is 1. The number of rotatable bonds is 4. The first-order chi connectivity index (χ1) is 13.2. The van der Waals surface area contributed by atoms with Crippen LogP contribution < -0.4 is 5.32 Å². The Bertz CT molecular complexity index is 953. The van der Waals surface area contributed by atoms with Crippen molar-refractivity contribution in [3.8, 4) is 10.6 Å². The number of nitrogens with one attached hydrogen (secondary N) is 1. The molecule has 0 radical (unpaired) electrons. The lowest BCUT2D eigenvalue weighted by atomic mass is 10.2. The summed E-state index contributed by atoms with van der Waals surface area (Å²) in [6.07, 6.45) is 0.789. The molecule has 2 heterocycles. The van der Waals surface area contributed by atoms with Gasteiger partial charge in [0.1, 0.15) is 5.01 Å². The van der Waals surface area contributed by atoms with Gasteiger partial charge in [-0.1, -0.05) is 29.8 Å². The van der Waals surface area contributed by atoms with Gasteiger partial charge in [0.25, 0.3) is 0 Å². The van der Waals surface area contributed by atoms with Crippen molar-refractivity contribution >= 4 is 51.1 Å². The first-order valence-corrected chi connectivity index (χ1v) is 11.9. The highest BCUT2D eigenvalue weighted by Crippen LogP contribution is 2.25. The molecule has 1 aromatic carbocycles. The summed E-state index contributed by atoms with van der Waals surface area (Å²) in [5.74, 6) is 0.907. The Kier molecular flexibility index (Phi) is 8.08. The van der Waals surface area contributed by atoms with E-state index in [9.17, 15) is 8.42 Å². The van der Waals surface area contributed by atoms with Crippen molar-refractivity contribution in [3.63, 3.8) is 0 Å². The Morgan fingerprint density at radius 2 is 2.00 bits per heavy atom. The second-order valence-electron chi connectivity index (χ2n) is 7.73. The third-order valence-electron chi connectivity index (χ3n) is 5.07. The van der Waals surface area contributed by atoms with Crippen molar-refractivity contribution in [1.82, 2.24) is 15.2 Å². The summed E-state index contributed by atoms with van der Waals surface area (Å²) in [4.78, 5) is 11.1. The molecule has 1 aliphatic heterocycles. The zero-order chi connectivity index (χ0) is 20.4. The molecule has 1 aliphatic rings. The number of sulfone groups is 1. The van der Waals surface area contributed by atoms with E-state index in [-0.39, 0.29) is 29.7 Å². The molecule has 0 spiro atoms. The van der Waals surface area contributed by atoms with Gasteiger partial charge in [0, 0.05) is 44.0 Å². The lowest BCUT2D eigenvalue weighted by Crippen LogP contribution is -2.57. The molecule has 29 heavy (non-hydrogen) atoms. The van der Waals surface area contributed by atoms with E-state index in [1.807, 2.05) is 4.90 Å². The Morgan fingerprint density at radius 3 is 2.62 bits per heavy atom. The lowest BCUT2D eigenvalue weighted by Gasteiger charge is -2.39. The van der Waals surface area contributed by atoms with E-state index in [4.69, 9.17) is 4.98 Å². The Hall–Kier alpha value is -1.20. The molecule has 3 rings (SSSR count). The third kappa shape index (κ3) is 5.69. The van der Waals surface area contributed by atoms with Crippen molar-refractivity contribution in [1.29, 1.82) is 0 Å². The molecule has 160 valence electrons. The van der Waals surface area contributed by atoms with Crippen LogP contribution >= 0.6 is 35.3 Å². The molecular weight excluding hydrogens is 519 g/mol. The summed E-state index contributed by atoms with van der Waals surface area (Å²) in [6, 6.07) is 8.40. The molecule has 9 heteroatoms. The van der Waals surface area contributed by atoms with Gasteiger partial charge in [-0.05, 0) is 20.8 Å². The minimum absolute atomic E-state index is 0. The number of nitrogens with zero attached hydrogens (tertiary/aromatic N) is 3. The zero-order valence-corrected chi connectivity index (χ0v) is 21.3. The SMILES string of the molecule is CN=C(NCCc1csc(-c2ccc(C)cc2)n1)N1CCS(=O)(=O)C(C)(C)C1.I.